The number of H-pyrrole nitrogens is 1. The quantitative estimate of drug-likeness (QED) is 0.570. The summed E-state index contributed by atoms with van der Waals surface area (Å²) in [5.41, 5.74) is 0.861. The van der Waals surface area contributed by atoms with E-state index in [4.69, 9.17) is 4.74 Å². The fourth-order valence-electron chi connectivity index (χ4n) is 1.61. The standard InChI is InChI=1S/C14H16N4O4S/c1-21-10-5-3-9(4-6-10)13-16-14(18-17-13)23-8-11(19)15-7-12(20)22-2/h3-6H,7-8H2,1-2H3,(H,15,19)(H,16,17,18). The second-order valence-electron chi connectivity index (χ2n) is 4.34. The van der Waals surface area contributed by atoms with E-state index in [0.717, 1.165) is 11.3 Å². The number of nitrogens with one attached hydrogen (secondary N) is 2. The molecule has 0 radical (unpaired) electrons. The molecule has 2 aromatic rings. The van der Waals surface area contributed by atoms with Crippen molar-refractivity contribution in [2.45, 2.75) is 5.16 Å². The van der Waals surface area contributed by atoms with Crippen molar-refractivity contribution >= 4 is 23.6 Å². The molecule has 0 aliphatic heterocycles. The molecule has 1 aromatic heterocycles. The molecule has 23 heavy (non-hydrogen) atoms. The molecule has 0 spiro atoms. The Morgan fingerprint density at radius 3 is 2.65 bits per heavy atom. The minimum Gasteiger partial charge on any atom is -0.497 e. The first kappa shape index (κ1) is 16.8. The Morgan fingerprint density at radius 1 is 1.26 bits per heavy atom. The van der Waals surface area contributed by atoms with E-state index < -0.39 is 5.97 Å². The molecule has 0 saturated carbocycles. The fraction of sp³-hybridized carbons (Fsp3) is 0.286. The SMILES string of the molecule is COC(=O)CNC(=O)CSc1n[nH]c(-c2ccc(OC)cc2)n1. The van der Waals surface area contributed by atoms with E-state index in [1.54, 1.807) is 7.11 Å². The Balaban J connectivity index is 1.86. The van der Waals surface area contributed by atoms with E-state index in [-0.39, 0.29) is 18.2 Å². The second kappa shape index (κ2) is 8.18. The first-order chi connectivity index (χ1) is 11.1. The van der Waals surface area contributed by atoms with Crippen LogP contribution in [0, 0.1) is 0 Å². The van der Waals surface area contributed by atoms with Crippen LogP contribution >= 0.6 is 11.8 Å². The molecule has 8 nitrogen and oxygen atoms in total. The van der Waals surface area contributed by atoms with Crippen LogP contribution in [0.25, 0.3) is 11.4 Å². The maximum Gasteiger partial charge on any atom is 0.325 e. The molecule has 1 heterocycles. The van der Waals surface area contributed by atoms with E-state index in [1.807, 2.05) is 24.3 Å². The van der Waals surface area contributed by atoms with Gasteiger partial charge in [0.2, 0.25) is 11.1 Å². The summed E-state index contributed by atoms with van der Waals surface area (Å²) < 4.78 is 9.53. The third-order valence-corrected chi connectivity index (χ3v) is 3.67. The lowest BCUT2D eigenvalue weighted by Gasteiger charge is -2.01. The van der Waals surface area contributed by atoms with E-state index in [2.05, 4.69) is 25.2 Å². The molecule has 122 valence electrons. The van der Waals surface area contributed by atoms with Gasteiger partial charge in [0.15, 0.2) is 5.82 Å². The van der Waals surface area contributed by atoms with Gasteiger partial charge in [0.25, 0.3) is 0 Å². The van der Waals surface area contributed by atoms with Crippen molar-refractivity contribution in [3.05, 3.63) is 24.3 Å². The van der Waals surface area contributed by atoms with E-state index in [0.29, 0.717) is 11.0 Å². The Labute approximate surface area is 137 Å². The molecule has 1 aromatic carbocycles. The second-order valence-corrected chi connectivity index (χ2v) is 5.28. The molecule has 2 N–H and O–H groups in total. The van der Waals surface area contributed by atoms with Gasteiger partial charge in [-0.15, -0.1) is 5.10 Å². The van der Waals surface area contributed by atoms with Crippen LogP contribution in [0.3, 0.4) is 0 Å². The van der Waals surface area contributed by atoms with Gasteiger partial charge in [-0.2, -0.15) is 0 Å². The van der Waals surface area contributed by atoms with Crippen LogP contribution in [0.1, 0.15) is 0 Å². The summed E-state index contributed by atoms with van der Waals surface area (Å²) >= 11 is 1.17. The van der Waals surface area contributed by atoms with Crippen molar-refractivity contribution in [2.75, 3.05) is 26.5 Å². The molecule has 0 aliphatic rings. The van der Waals surface area contributed by atoms with Crippen LogP contribution in [0.4, 0.5) is 0 Å². The molecule has 9 heteroatoms. The van der Waals surface area contributed by atoms with E-state index >= 15 is 0 Å². The zero-order valence-electron chi connectivity index (χ0n) is 12.7. The van der Waals surface area contributed by atoms with Gasteiger partial charge in [-0.25, -0.2) is 4.98 Å². The van der Waals surface area contributed by atoms with Crippen molar-refractivity contribution in [3.8, 4) is 17.1 Å². The average molecular weight is 336 g/mol. The number of aromatic nitrogens is 3. The molecule has 0 bridgehead atoms. The van der Waals surface area contributed by atoms with Crippen LogP contribution in [0.2, 0.25) is 0 Å². The summed E-state index contributed by atoms with van der Waals surface area (Å²) in [7, 11) is 2.86. The highest BCUT2D eigenvalue weighted by atomic mass is 32.2. The summed E-state index contributed by atoms with van der Waals surface area (Å²) in [6.45, 7) is -0.152. The predicted molar refractivity (Wildman–Crippen MR) is 84.1 cm³/mol. The number of benzene rings is 1. The number of hydrogen-bond donors (Lipinski definition) is 2. The first-order valence-electron chi connectivity index (χ1n) is 6.65. The van der Waals surface area contributed by atoms with E-state index in [9.17, 15) is 9.59 Å². The van der Waals surface area contributed by atoms with Gasteiger partial charge in [0.05, 0.1) is 20.0 Å². The Kier molecular flexibility index (Phi) is 5.98. The first-order valence-corrected chi connectivity index (χ1v) is 7.64. The monoisotopic (exact) mass is 336 g/mol. The van der Waals surface area contributed by atoms with Crippen molar-refractivity contribution < 1.29 is 19.1 Å². The zero-order valence-corrected chi connectivity index (χ0v) is 13.5. The highest BCUT2D eigenvalue weighted by Crippen LogP contribution is 2.21. The molecule has 2 rings (SSSR count). The minimum atomic E-state index is -0.497. The van der Waals surface area contributed by atoms with Gasteiger partial charge >= 0.3 is 5.97 Å². The smallest absolute Gasteiger partial charge is 0.325 e. The minimum absolute atomic E-state index is 0.108. The number of thioether (sulfide) groups is 1. The Hall–Kier alpha value is -2.55. The molecular weight excluding hydrogens is 320 g/mol. The summed E-state index contributed by atoms with van der Waals surface area (Å²) in [5, 5.41) is 9.75. The van der Waals surface area contributed by atoms with Crippen molar-refractivity contribution in [1.29, 1.82) is 0 Å². The largest absolute Gasteiger partial charge is 0.497 e. The van der Waals surface area contributed by atoms with Crippen LogP contribution in [-0.4, -0.2) is 53.6 Å². The van der Waals surface area contributed by atoms with Crippen LogP contribution in [0.5, 0.6) is 5.75 Å². The molecule has 0 atom stereocenters. The van der Waals surface area contributed by atoms with Gasteiger partial charge in [-0.3, -0.25) is 14.7 Å². The van der Waals surface area contributed by atoms with Crippen molar-refractivity contribution in [3.63, 3.8) is 0 Å². The van der Waals surface area contributed by atoms with Crippen LogP contribution in [0.15, 0.2) is 29.4 Å². The Morgan fingerprint density at radius 2 is 2.00 bits per heavy atom. The predicted octanol–water partition coefficient (Wildman–Crippen LogP) is 0.862. The van der Waals surface area contributed by atoms with Crippen LogP contribution in [-0.2, 0) is 14.3 Å². The maximum atomic E-state index is 11.6. The number of aromatic amines is 1. The number of nitrogens with zero attached hydrogens (tertiary/aromatic N) is 2. The normalized spacial score (nSPS) is 10.2. The average Bonchev–Trinajstić information content (AvgIpc) is 3.06. The number of esters is 1. The Bertz CT molecular complexity index is 672. The number of carbonyl (C=O) groups excluding carboxylic acids is 2. The lowest BCUT2D eigenvalue weighted by Crippen LogP contribution is -2.31. The van der Waals surface area contributed by atoms with E-state index in [1.165, 1.54) is 18.9 Å². The number of rotatable bonds is 7. The van der Waals surface area contributed by atoms with Gasteiger partial charge < -0.3 is 14.8 Å². The summed E-state index contributed by atoms with van der Waals surface area (Å²) in [6.07, 6.45) is 0. The number of amides is 1. The van der Waals surface area contributed by atoms with Gasteiger partial charge in [0, 0.05) is 5.56 Å². The number of carbonyl (C=O) groups is 2. The highest BCUT2D eigenvalue weighted by molar-refractivity contribution is 7.99. The topological polar surface area (TPSA) is 106 Å². The summed E-state index contributed by atoms with van der Waals surface area (Å²) in [4.78, 5) is 26.8. The molecule has 0 fully saturated rings. The van der Waals surface area contributed by atoms with Crippen molar-refractivity contribution in [2.24, 2.45) is 0 Å². The maximum absolute atomic E-state index is 11.6. The number of methoxy groups -OCH3 is 2. The zero-order chi connectivity index (χ0) is 16.7. The molecule has 0 aliphatic carbocycles. The number of ether oxygens (including phenoxy) is 2. The molecule has 0 saturated heterocycles. The third kappa shape index (κ3) is 4.99. The van der Waals surface area contributed by atoms with Crippen molar-refractivity contribution in [1.82, 2.24) is 20.5 Å². The third-order valence-electron chi connectivity index (χ3n) is 2.82. The summed E-state index contributed by atoms with van der Waals surface area (Å²) in [5.74, 6) is 0.672. The van der Waals surface area contributed by atoms with Gasteiger partial charge in [0.1, 0.15) is 12.3 Å². The van der Waals surface area contributed by atoms with Gasteiger partial charge in [-0.05, 0) is 24.3 Å². The fourth-order valence-corrected chi connectivity index (χ4v) is 2.24. The lowest BCUT2D eigenvalue weighted by molar-refractivity contribution is -0.140. The lowest BCUT2D eigenvalue weighted by atomic mass is 10.2. The summed E-state index contributed by atoms with van der Waals surface area (Å²) in [6, 6.07) is 7.36. The highest BCUT2D eigenvalue weighted by Gasteiger charge is 2.10. The van der Waals surface area contributed by atoms with Gasteiger partial charge in [-0.1, -0.05) is 11.8 Å². The molecule has 0 unspecified atom stereocenters. The molecule has 1 amide bonds. The van der Waals surface area contributed by atoms with Crippen LogP contribution < -0.4 is 10.1 Å². The molecular formula is C14H16N4O4S. The number of hydrogen-bond acceptors (Lipinski definition) is 7.